The summed E-state index contributed by atoms with van der Waals surface area (Å²) in [6, 6.07) is 13.2. The van der Waals surface area contributed by atoms with E-state index in [4.69, 9.17) is 4.74 Å². The van der Waals surface area contributed by atoms with E-state index in [0.717, 1.165) is 42.7 Å². The predicted octanol–water partition coefficient (Wildman–Crippen LogP) is 3.45. The average molecular weight is 335 g/mol. The van der Waals surface area contributed by atoms with Gasteiger partial charge in [-0.1, -0.05) is 24.3 Å². The first-order valence-corrected chi connectivity index (χ1v) is 8.63. The first kappa shape index (κ1) is 14.8. The maximum Gasteiger partial charge on any atom is 0.140 e. The molecule has 1 unspecified atom stereocenters. The van der Waals surface area contributed by atoms with Gasteiger partial charge in [-0.2, -0.15) is 0 Å². The third-order valence-corrected chi connectivity index (χ3v) is 5.37. The summed E-state index contributed by atoms with van der Waals surface area (Å²) in [5.41, 5.74) is 3.12. The van der Waals surface area contributed by atoms with Crippen LogP contribution in [0.5, 0.6) is 0 Å². The first-order valence-electron chi connectivity index (χ1n) is 8.63. The third-order valence-electron chi connectivity index (χ3n) is 5.37. The van der Waals surface area contributed by atoms with Crippen LogP contribution in [0, 0.1) is 5.82 Å². The van der Waals surface area contributed by atoms with E-state index in [1.165, 1.54) is 23.3 Å². The van der Waals surface area contributed by atoms with E-state index >= 15 is 0 Å². The minimum Gasteiger partial charge on any atom is -0.367 e. The number of hydrogen-bond acceptors (Lipinski definition) is 4. The lowest BCUT2D eigenvalue weighted by molar-refractivity contribution is -0.0593. The van der Waals surface area contributed by atoms with Crippen LogP contribution in [-0.4, -0.2) is 29.7 Å². The topological polar surface area (TPSA) is 38.2 Å². The molecule has 2 aromatic carbocycles. The van der Waals surface area contributed by atoms with Crippen LogP contribution in [-0.2, 0) is 16.8 Å². The second-order valence-electron chi connectivity index (χ2n) is 6.78. The van der Waals surface area contributed by atoms with E-state index in [1.807, 2.05) is 0 Å². The SMILES string of the molecule is Fc1ccc2ncnc(N3CCOC4(CCc5ccccc54)C3)c2c1. The molecule has 0 amide bonds. The Bertz CT molecular complexity index is 957. The van der Waals surface area contributed by atoms with Crippen molar-refractivity contribution in [2.24, 2.45) is 0 Å². The van der Waals surface area contributed by atoms with Crippen LogP contribution in [0.4, 0.5) is 10.2 Å². The van der Waals surface area contributed by atoms with Gasteiger partial charge in [-0.05, 0) is 42.2 Å². The molecular formula is C20H18FN3O. The Morgan fingerprint density at radius 2 is 2.04 bits per heavy atom. The molecule has 0 saturated carbocycles. The van der Waals surface area contributed by atoms with E-state index in [9.17, 15) is 4.39 Å². The maximum atomic E-state index is 13.8. The van der Waals surface area contributed by atoms with E-state index in [1.54, 1.807) is 12.4 Å². The number of aromatic nitrogens is 2. The Morgan fingerprint density at radius 3 is 3.00 bits per heavy atom. The van der Waals surface area contributed by atoms with E-state index < -0.39 is 0 Å². The number of nitrogens with zero attached hydrogens (tertiary/aromatic N) is 3. The number of aryl methyl sites for hydroxylation is 1. The van der Waals surface area contributed by atoms with Crippen molar-refractivity contribution >= 4 is 16.7 Å². The number of benzene rings is 2. The second-order valence-corrected chi connectivity index (χ2v) is 6.78. The Balaban J connectivity index is 1.58. The molecule has 1 atom stereocenters. The van der Waals surface area contributed by atoms with Crippen LogP contribution in [0.2, 0.25) is 0 Å². The summed E-state index contributed by atoms with van der Waals surface area (Å²) in [5, 5.41) is 0.755. The van der Waals surface area contributed by atoms with Gasteiger partial charge in [-0.3, -0.25) is 0 Å². The zero-order chi connectivity index (χ0) is 16.9. The molecule has 1 saturated heterocycles. The lowest BCUT2D eigenvalue weighted by Gasteiger charge is -2.42. The van der Waals surface area contributed by atoms with Gasteiger partial charge in [0.1, 0.15) is 23.6 Å². The summed E-state index contributed by atoms with van der Waals surface area (Å²) in [7, 11) is 0. The minimum absolute atomic E-state index is 0.266. The van der Waals surface area contributed by atoms with Gasteiger partial charge in [0.05, 0.1) is 18.7 Å². The zero-order valence-corrected chi connectivity index (χ0v) is 13.8. The molecule has 0 N–H and O–H groups in total. The molecule has 1 fully saturated rings. The first-order chi connectivity index (χ1) is 12.3. The highest BCUT2D eigenvalue weighted by Crippen LogP contribution is 2.43. The highest BCUT2D eigenvalue weighted by molar-refractivity contribution is 5.89. The fourth-order valence-electron chi connectivity index (χ4n) is 4.20. The summed E-state index contributed by atoms with van der Waals surface area (Å²) in [5.74, 6) is 0.522. The molecular weight excluding hydrogens is 317 g/mol. The lowest BCUT2D eigenvalue weighted by Crippen LogP contribution is -2.49. The van der Waals surface area contributed by atoms with Crippen molar-refractivity contribution in [3.63, 3.8) is 0 Å². The van der Waals surface area contributed by atoms with Crippen molar-refractivity contribution in [1.82, 2.24) is 9.97 Å². The molecule has 5 heteroatoms. The Kier molecular flexibility index (Phi) is 3.25. The van der Waals surface area contributed by atoms with Crippen LogP contribution >= 0.6 is 0 Å². The molecule has 3 aromatic rings. The molecule has 126 valence electrons. The van der Waals surface area contributed by atoms with Gasteiger partial charge in [0, 0.05) is 11.9 Å². The maximum absolute atomic E-state index is 13.8. The highest BCUT2D eigenvalue weighted by Gasteiger charge is 2.43. The number of morpholine rings is 1. The zero-order valence-electron chi connectivity index (χ0n) is 13.8. The predicted molar refractivity (Wildman–Crippen MR) is 94.1 cm³/mol. The number of anilines is 1. The van der Waals surface area contributed by atoms with Gasteiger partial charge < -0.3 is 9.64 Å². The highest BCUT2D eigenvalue weighted by atomic mass is 19.1. The Labute approximate surface area is 145 Å². The van der Waals surface area contributed by atoms with E-state index in [0.29, 0.717) is 6.61 Å². The van der Waals surface area contributed by atoms with Crippen molar-refractivity contribution in [2.75, 3.05) is 24.6 Å². The van der Waals surface area contributed by atoms with Crippen LogP contribution in [0.1, 0.15) is 17.5 Å². The molecule has 1 spiro atoms. The van der Waals surface area contributed by atoms with E-state index in [-0.39, 0.29) is 11.4 Å². The van der Waals surface area contributed by atoms with Crippen molar-refractivity contribution in [2.45, 2.75) is 18.4 Å². The van der Waals surface area contributed by atoms with Crippen LogP contribution in [0.3, 0.4) is 0 Å². The van der Waals surface area contributed by atoms with Crippen molar-refractivity contribution in [1.29, 1.82) is 0 Å². The largest absolute Gasteiger partial charge is 0.367 e. The molecule has 5 rings (SSSR count). The van der Waals surface area contributed by atoms with E-state index in [2.05, 4.69) is 39.1 Å². The van der Waals surface area contributed by atoms with Crippen molar-refractivity contribution in [3.05, 3.63) is 65.7 Å². The second kappa shape index (κ2) is 5.49. The van der Waals surface area contributed by atoms with Gasteiger partial charge in [0.25, 0.3) is 0 Å². The smallest absolute Gasteiger partial charge is 0.140 e. The van der Waals surface area contributed by atoms with Gasteiger partial charge >= 0.3 is 0 Å². The molecule has 2 aliphatic rings. The third kappa shape index (κ3) is 2.30. The monoisotopic (exact) mass is 335 g/mol. The minimum atomic E-state index is -0.292. The Hall–Kier alpha value is -2.53. The number of ether oxygens (including phenoxy) is 1. The fourth-order valence-corrected chi connectivity index (χ4v) is 4.20. The molecule has 25 heavy (non-hydrogen) atoms. The number of halogens is 1. The number of rotatable bonds is 1. The lowest BCUT2D eigenvalue weighted by atomic mass is 9.93. The fraction of sp³-hybridized carbons (Fsp3) is 0.300. The van der Waals surface area contributed by atoms with Gasteiger partial charge in [-0.15, -0.1) is 0 Å². The van der Waals surface area contributed by atoms with Crippen molar-refractivity contribution in [3.8, 4) is 0 Å². The Morgan fingerprint density at radius 1 is 1.12 bits per heavy atom. The quantitative estimate of drug-likeness (QED) is 0.683. The average Bonchev–Trinajstić information content (AvgIpc) is 2.99. The molecule has 0 radical (unpaired) electrons. The molecule has 4 nitrogen and oxygen atoms in total. The van der Waals surface area contributed by atoms with Gasteiger partial charge in [-0.25, -0.2) is 14.4 Å². The van der Waals surface area contributed by atoms with Gasteiger partial charge in [0.15, 0.2) is 0 Å². The summed E-state index contributed by atoms with van der Waals surface area (Å²) in [6.07, 6.45) is 3.56. The standard InChI is InChI=1S/C20H18FN3O/c21-15-5-6-18-16(11-15)19(23-13-22-18)24-9-10-25-20(12-24)8-7-14-3-1-2-4-17(14)20/h1-6,11,13H,7-10,12H2. The molecule has 1 aliphatic carbocycles. The number of fused-ring (bicyclic) bond motifs is 3. The summed E-state index contributed by atoms with van der Waals surface area (Å²) >= 11 is 0. The summed E-state index contributed by atoms with van der Waals surface area (Å²) in [4.78, 5) is 11.0. The number of hydrogen-bond donors (Lipinski definition) is 0. The molecule has 1 aromatic heterocycles. The normalized spacial score (nSPS) is 22.5. The van der Waals surface area contributed by atoms with Crippen LogP contribution in [0.15, 0.2) is 48.8 Å². The summed E-state index contributed by atoms with van der Waals surface area (Å²) in [6.45, 7) is 2.11. The molecule has 0 bridgehead atoms. The van der Waals surface area contributed by atoms with Crippen LogP contribution in [0.25, 0.3) is 10.9 Å². The molecule has 1 aliphatic heterocycles. The van der Waals surface area contributed by atoms with Crippen LogP contribution < -0.4 is 4.90 Å². The summed E-state index contributed by atoms with van der Waals surface area (Å²) < 4.78 is 20.1. The molecule has 2 heterocycles. The van der Waals surface area contributed by atoms with Crippen molar-refractivity contribution < 1.29 is 9.13 Å². The van der Waals surface area contributed by atoms with Gasteiger partial charge in [0.2, 0.25) is 0 Å².